The van der Waals surface area contributed by atoms with Gasteiger partial charge in [-0.2, -0.15) is 0 Å². The van der Waals surface area contributed by atoms with Crippen molar-refractivity contribution in [3.8, 4) is 11.5 Å². The average molecular weight is 679 g/mol. The largest absolute Gasteiger partial charge is 0.495 e. The summed E-state index contributed by atoms with van der Waals surface area (Å²) in [6, 6.07) is 11.0. The summed E-state index contributed by atoms with van der Waals surface area (Å²) >= 11 is 0. The molecule has 2 aromatic rings. The van der Waals surface area contributed by atoms with E-state index in [0.717, 1.165) is 18.4 Å². The summed E-state index contributed by atoms with van der Waals surface area (Å²) in [7, 11) is 3.16. The highest BCUT2D eigenvalue weighted by molar-refractivity contribution is 6.04. The van der Waals surface area contributed by atoms with Crippen LogP contribution in [0.1, 0.15) is 65.9 Å². The van der Waals surface area contributed by atoms with E-state index in [-0.39, 0.29) is 43.3 Å². The Hall–Kier alpha value is -4.32. The topological polar surface area (TPSA) is 127 Å². The van der Waals surface area contributed by atoms with Gasteiger partial charge in [-0.15, -0.1) is 0 Å². The summed E-state index contributed by atoms with van der Waals surface area (Å²) in [5.74, 6) is -0.955. The van der Waals surface area contributed by atoms with Gasteiger partial charge in [0.1, 0.15) is 17.1 Å². The fourth-order valence-corrected chi connectivity index (χ4v) is 6.44. The highest BCUT2D eigenvalue weighted by atomic mass is 16.6. The van der Waals surface area contributed by atoms with E-state index in [1.807, 2.05) is 37.3 Å². The lowest BCUT2D eigenvalue weighted by Gasteiger charge is -2.40. The Morgan fingerprint density at radius 3 is 2.41 bits per heavy atom. The Morgan fingerprint density at radius 1 is 1.04 bits per heavy atom. The van der Waals surface area contributed by atoms with E-state index < -0.39 is 29.1 Å². The number of anilines is 3. The molecule has 3 aliphatic rings. The Labute approximate surface area is 289 Å². The van der Waals surface area contributed by atoms with Crippen molar-refractivity contribution in [2.24, 2.45) is 11.8 Å². The number of methoxy groups -OCH3 is 2. The number of aryl methyl sites for hydroxylation is 1. The number of ether oxygens (including phenoxy) is 4. The maximum absolute atomic E-state index is 14.6. The molecule has 0 radical (unpaired) electrons. The van der Waals surface area contributed by atoms with Crippen LogP contribution in [0.15, 0.2) is 36.4 Å². The molecule has 5 rings (SSSR count). The molecule has 12 heteroatoms. The number of nitrogens with zero attached hydrogens (tertiary/aromatic N) is 3. The van der Waals surface area contributed by atoms with Crippen LogP contribution in [0.5, 0.6) is 11.5 Å². The lowest BCUT2D eigenvalue weighted by Crippen LogP contribution is -2.53. The maximum atomic E-state index is 14.6. The van der Waals surface area contributed by atoms with Gasteiger partial charge in [-0.05, 0) is 103 Å². The SMILES string of the molecule is COCCCN1C(=O)C(C)(C)Oc2ccc(N(C(=O)[C@@H]3C[C@H](C(=O)Nc4cc(C)ccc4OC)CN(C(=O)OC(C)(C)C)C3)C3CC3)cc21. The van der Waals surface area contributed by atoms with Gasteiger partial charge in [0, 0.05) is 45.1 Å². The number of amides is 4. The van der Waals surface area contributed by atoms with Crippen LogP contribution < -0.4 is 24.6 Å². The van der Waals surface area contributed by atoms with Crippen molar-refractivity contribution in [1.82, 2.24) is 4.90 Å². The second-order valence-electron chi connectivity index (χ2n) is 14.7. The van der Waals surface area contributed by atoms with E-state index in [1.54, 1.807) is 57.6 Å². The zero-order chi connectivity index (χ0) is 35.7. The van der Waals surface area contributed by atoms with Crippen LogP contribution >= 0.6 is 0 Å². The molecule has 2 aliphatic heterocycles. The summed E-state index contributed by atoms with van der Waals surface area (Å²) in [5, 5.41) is 2.98. The minimum Gasteiger partial charge on any atom is -0.495 e. The number of hydrogen-bond acceptors (Lipinski definition) is 8. The van der Waals surface area contributed by atoms with E-state index in [9.17, 15) is 19.2 Å². The molecule has 49 heavy (non-hydrogen) atoms. The van der Waals surface area contributed by atoms with Crippen molar-refractivity contribution in [3.05, 3.63) is 42.0 Å². The lowest BCUT2D eigenvalue weighted by atomic mass is 9.87. The Kier molecular flexibility index (Phi) is 10.5. The molecule has 266 valence electrons. The van der Waals surface area contributed by atoms with Crippen LogP contribution in [0, 0.1) is 18.8 Å². The molecule has 2 heterocycles. The van der Waals surface area contributed by atoms with Gasteiger partial charge in [-0.25, -0.2) is 4.79 Å². The molecule has 12 nitrogen and oxygen atoms in total. The zero-order valence-corrected chi connectivity index (χ0v) is 30.0. The maximum Gasteiger partial charge on any atom is 0.410 e. The van der Waals surface area contributed by atoms with E-state index in [1.165, 1.54) is 12.0 Å². The number of rotatable bonds is 10. The first-order valence-electron chi connectivity index (χ1n) is 17.0. The third-order valence-electron chi connectivity index (χ3n) is 8.95. The Morgan fingerprint density at radius 2 is 1.76 bits per heavy atom. The Bertz CT molecular complexity index is 1580. The molecule has 0 spiro atoms. The van der Waals surface area contributed by atoms with Gasteiger partial charge in [0.2, 0.25) is 11.8 Å². The van der Waals surface area contributed by atoms with Crippen LogP contribution in [0.2, 0.25) is 0 Å². The third-order valence-corrected chi connectivity index (χ3v) is 8.95. The average Bonchev–Trinajstić information content (AvgIpc) is 3.87. The highest BCUT2D eigenvalue weighted by Gasteiger charge is 2.45. The van der Waals surface area contributed by atoms with E-state index >= 15 is 0 Å². The first-order chi connectivity index (χ1) is 23.1. The standard InChI is InChI=1S/C37H50N4O8/c1-23-10-14-30(47-8)28(18-23)38-32(42)24-19-25(22-39(21-24)35(45)49-36(2,3)4)33(43)41(26-11-12-26)27-13-15-31-29(20-27)40(16-9-17-46-7)34(44)37(5,6)48-31/h10,13-15,18,20,24-26H,9,11-12,16-17,19,21-22H2,1-8H3,(H,38,42)/t24-,25+/m0/s1. The fraction of sp³-hybridized carbons (Fsp3) is 0.568. The minimum absolute atomic E-state index is 0.0372. The van der Waals surface area contributed by atoms with Crippen molar-refractivity contribution in [2.75, 3.05) is 55.6 Å². The van der Waals surface area contributed by atoms with Crippen LogP contribution in [0.3, 0.4) is 0 Å². The second-order valence-corrected chi connectivity index (χ2v) is 14.7. The van der Waals surface area contributed by atoms with Crippen LogP contribution in [-0.2, 0) is 23.9 Å². The number of piperidine rings is 1. The van der Waals surface area contributed by atoms with E-state index in [2.05, 4.69) is 5.32 Å². The Balaban J connectivity index is 1.45. The molecule has 1 N–H and O–H groups in total. The van der Waals surface area contributed by atoms with Gasteiger partial charge >= 0.3 is 6.09 Å². The summed E-state index contributed by atoms with van der Waals surface area (Å²) in [6.45, 7) is 11.9. The minimum atomic E-state index is -1.04. The zero-order valence-electron chi connectivity index (χ0n) is 30.0. The quantitative estimate of drug-likeness (QED) is 0.324. The summed E-state index contributed by atoms with van der Waals surface area (Å²) in [6.07, 6.45) is 1.94. The number of carbonyl (C=O) groups is 4. The smallest absolute Gasteiger partial charge is 0.410 e. The van der Waals surface area contributed by atoms with Crippen LogP contribution in [0.25, 0.3) is 0 Å². The molecule has 0 aromatic heterocycles. The second kappa shape index (κ2) is 14.3. The molecule has 1 saturated heterocycles. The molecule has 2 fully saturated rings. The molecule has 2 aromatic carbocycles. The lowest BCUT2D eigenvalue weighted by molar-refractivity contribution is -0.132. The van der Waals surface area contributed by atoms with E-state index in [4.69, 9.17) is 18.9 Å². The number of fused-ring (bicyclic) bond motifs is 1. The van der Waals surface area contributed by atoms with Gasteiger partial charge in [-0.1, -0.05) is 6.07 Å². The third kappa shape index (κ3) is 8.29. The van der Waals surface area contributed by atoms with Crippen LogP contribution in [0.4, 0.5) is 21.9 Å². The fourth-order valence-electron chi connectivity index (χ4n) is 6.44. The summed E-state index contributed by atoms with van der Waals surface area (Å²) < 4.78 is 22.5. The van der Waals surface area contributed by atoms with Crippen molar-refractivity contribution in [2.45, 2.75) is 84.5 Å². The first kappa shape index (κ1) is 36.0. The molecular formula is C37H50N4O8. The summed E-state index contributed by atoms with van der Waals surface area (Å²) in [4.78, 5) is 60.3. The predicted molar refractivity (Wildman–Crippen MR) is 186 cm³/mol. The van der Waals surface area contributed by atoms with Crippen LogP contribution in [-0.4, -0.2) is 86.4 Å². The van der Waals surface area contributed by atoms with Gasteiger partial charge in [0.15, 0.2) is 5.60 Å². The van der Waals surface area contributed by atoms with Crippen molar-refractivity contribution in [1.29, 1.82) is 0 Å². The van der Waals surface area contributed by atoms with E-state index in [0.29, 0.717) is 48.1 Å². The molecule has 2 atom stereocenters. The predicted octanol–water partition coefficient (Wildman–Crippen LogP) is 5.55. The molecule has 1 aliphatic carbocycles. The number of likely N-dealkylation sites (tertiary alicyclic amines) is 1. The van der Waals surface area contributed by atoms with Crippen molar-refractivity contribution >= 4 is 40.9 Å². The number of hydrogen-bond donors (Lipinski definition) is 1. The first-order valence-corrected chi connectivity index (χ1v) is 17.0. The van der Waals surface area contributed by atoms with Gasteiger partial charge in [0.25, 0.3) is 5.91 Å². The van der Waals surface area contributed by atoms with Gasteiger partial charge < -0.3 is 39.0 Å². The molecule has 0 unspecified atom stereocenters. The normalized spacial score (nSPS) is 20.2. The highest BCUT2D eigenvalue weighted by Crippen LogP contribution is 2.43. The van der Waals surface area contributed by atoms with Crippen molar-refractivity contribution < 1.29 is 38.1 Å². The number of carbonyl (C=O) groups excluding carboxylic acids is 4. The monoisotopic (exact) mass is 678 g/mol. The molecule has 0 bridgehead atoms. The number of benzene rings is 2. The van der Waals surface area contributed by atoms with Crippen molar-refractivity contribution in [3.63, 3.8) is 0 Å². The molecule has 4 amide bonds. The van der Waals surface area contributed by atoms with Gasteiger partial charge in [-0.3, -0.25) is 14.4 Å². The summed E-state index contributed by atoms with van der Waals surface area (Å²) in [5.41, 5.74) is 0.903. The number of nitrogens with one attached hydrogen (secondary N) is 1. The molecule has 1 saturated carbocycles. The van der Waals surface area contributed by atoms with Gasteiger partial charge in [0.05, 0.1) is 30.3 Å². The molecular weight excluding hydrogens is 628 g/mol.